The Morgan fingerprint density at radius 3 is 2.81 bits per heavy atom. The number of thiophene rings is 1. The molecule has 1 saturated carbocycles. The zero-order valence-corrected chi connectivity index (χ0v) is 11.4. The van der Waals surface area contributed by atoms with E-state index in [1.807, 2.05) is 6.07 Å². The summed E-state index contributed by atoms with van der Waals surface area (Å²) in [6, 6.07) is 5.51. The second kappa shape index (κ2) is 5.50. The van der Waals surface area contributed by atoms with E-state index in [1.54, 1.807) is 11.3 Å². The van der Waals surface area contributed by atoms with Crippen molar-refractivity contribution < 1.29 is 0 Å². The predicted octanol–water partition coefficient (Wildman–Crippen LogP) is 2.97. The molecule has 2 unspecified atom stereocenters. The second-order valence-electron chi connectivity index (χ2n) is 4.71. The number of nitrogens with one attached hydrogen (secondary N) is 1. The largest absolute Gasteiger partial charge is 0.309 e. The van der Waals surface area contributed by atoms with Crippen molar-refractivity contribution in [3.63, 3.8) is 0 Å². The topological polar surface area (TPSA) is 15.3 Å². The Kier molecular flexibility index (Phi) is 4.25. The van der Waals surface area contributed by atoms with Crippen LogP contribution in [0.4, 0.5) is 0 Å². The lowest BCUT2D eigenvalue weighted by Gasteiger charge is -2.19. The van der Waals surface area contributed by atoms with Crippen LogP contribution in [0.2, 0.25) is 4.34 Å². The molecule has 0 radical (unpaired) electrons. The van der Waals surface area contributed by atoms with E-state index in [9.17, 15) is 0 Å². The minimum Gasteiger partial charge on any atom is -0.309 e. The molecule has 1 aliphatic rings. The smallest absolute Gasteiger partial charge is 0.0931 e. The number of halogens is 1. The summed E-state index contributed by atoms with van der Waals surface area (Å²) in [5, 5.41) is 3.62. The molecule has 0 bridgehead atoms. The number of hydrogen-bond acceptors (Lipinski definition) is 3. The molecule has 1 N–H and O–H groups in total. The molecule has 1 heterocycles. The summed E-state index contributed by atoms with van der Waals surface area (Å²) in [5.74, 6) is 0. The second-order valence-corrected chi connectivity index (χ2v) is 6.51. The third-order valence-corrected chi connectivity index (χ3v) is 4.56. The summed E-state index contributed by atoms with van der Waals surface area (Å²) < 4.78 is 0.884. The van der Waals surface area contributed by atoms with Crippen LogP contribution in [0.25, 0.3) is 0 Å². The van der Waals surface area contributed by atoms with E-state index in [0.717, 1.165) is 16.9 Å². The third-order valence-electron chi connectivity index (χ3n) is 3.33. The van der Waals surface area contributed by atoms with Gasteiger partial charge in [-0.3, -0.25) is 0 Å². The maximum atomic E-state index is 5.90. The normalized spacial score (nSPS) is 25.5. The lowest BCUT2D eigenvalue weighted by Crippen LogP contribution is -2.30. The maximum Gasteiger partial charge on any atom is 0.0931 e. The molecule has 0 aliphatic heterocycles. The molecule has 2 rings (SSSR count). The standard InChI is InChI=1S/C12H19ClN2S/c1-15(2)10-4-3-9(7-10)14-8-11-5-6-12(13)16-11/h5-6,9-10,14H,3-4,7-8H2,1-2H3. The van der Waals surface area contributed by atoms with Gasteiger partial charge in [0, 0.05) is 23.5 Å². The van der Waals surface area contributed by atoms with Gasteiger partial charge in [-0.15, -0.1) is 11.3 Å². The molecule has 1 fully saturated rings. The minimum absolute atomic E-state index is 0.674. The Morgan fingerprint density at radius 1 is 1.44 bits per heavy atom. The van der Waals surface area contributed by atoms with Crippen LogP contribution in [0, 0.1) is 0 Å². The van der Waals surface area contributed by atoms with Gasteiger partial charge in [0.1, 0.15) is 0 Å². The van der Waals surface area contributed by atoms with Crippen molar-refractivity contribution in [1.82, 2.24) is 10.2 Å². The van der Waals surface area contributed by atoms with Gasteiger partial charge < -0.3 is 10.2 Å². The fourth-order valence-electron chi connectivity index (χ4n) is 2.30. The highest BCUT2D eigenvalue weighted by Gasteiger charge is 2.25. The first-order valence-corrected chi connectivity index (χ1v) is 6.98. The third kappa shape index (κ3) is 3.20. The van der Waals surface area contributed by atoms with E-state index in [0.29, 0.717) is 6.04 Å². The van der Waals surface area contributed by atoms with Crippen LogP contribution in [0.3, 0.4) is 0 Å². The van der Waals surface area contributed by atoms with Crippen LogP contribution < -0.4 is 5.32 Å². The molecule has 1 aliphatic carbocycles. The van der Waals surface area contributed by atoms with Gasteiger partial charge >= 0.3 is 0 Å². The van der Waals surface area contributed by atoms with Gasteiger partial charge in [-0.1, -0.05) is 11.6 Å². The fraction of sp³-hybridized carbons (Fsp3) is 0.667. The molecule has 1 aromatic heterocycles. The molecular weight excluding hydrogens is 240 g/mol. The summed E-state index contributed by atoms with van der Waals surface area (Å²) in [7, 11) is 4.35. The first-order valence-electron chi connectivity index (χ1n) is 5.79. The van der Waals surface area contributed by atoms with Crippen LogP contribution in [0.15, 0.2) is 12.1 Å². The molecule has 0 saturated heterocycles. The average Bonchev–Trinajstić information content (AvgIpc) is 2.83. The van der Waals surface area contributed by atoms with E-state index >= 15 is 0 Å². The van der Waals surface area contributed by atoms with Gasteiger partial charge in [0.15, 0.2) is 0 Å². The van der Waals surface area contributed by atoms with Crippen LogP contribution >= 0.6 is 22.9 Å². The Morgan fingerprint density at radius 2 is 2.25 bits per heavy atom. The van der Waals surface area contributed by atoms with E-state index in [-0.39, 0.29) is 0 Å². The lowest BCUT2D eigenvalue weighted by atomic mass is 10.2. The van der Waals surface area contributed by atoms with Crippen LogP contribution in [0.1, 0.15) is 24.1 Å². The maximum absolute atomic E-state index is 5.90. The van der Waals surface area contributed by atoms with Gasteiger partial charge in [-0.05, 0) is 45.5 Å². The van der Waals surface area contributed by atoms with E-state index < -0.39 is 0 Å². The van der Waals surface area contributed by atoms with Crippen molar-refractivity contribution in [2.45, 2.75) is 37.9 Å². The summed E-state index contributed by atoms with van der Waals surface area (Å²) in [6.45, 7) is 0.961. The number of rotatable bonds is 4. The monoisotopic (exact) mass is 258 g/mol. The van der Waals surface area contributed by atoms with Crippen molar-refractivity contribution >= 4 is 22.9 Å². The summed E-state index contributed by atoms with van der Waals surface area (Å²) in [5.41, 5.74) is 0. The SMILES string of the molecule is CN(C)C1CCC(NCc2ccc(Cl)s2)C1. The van der Waals surface area contributed by atoms with Crippen molar-refractivity contribution in [2.24, 2.45) is 0 Å². The zero-order chi connectivity index (χ0) is 11.5. The van der Waals surface area contributed by atoms with Crippen LogP contribution in [0.5, 0.6) is 0 Å². The molecule has 16 heavy (non-hydrogen) atoms. The number of nitrogens with zero attached hydrogens (tertiary/aromatic N) is 1. The fourth-order valence-corrected chi connectivity index (χ4v) is 3.34. The van der Waals surface area contributed by atoms with E-state index in [2.05, 4.69) is 30.4 Å². The first-order chi connectivity index (χ1) is 7.65. The quantitative estimate of drug-likeness (QED) is 0.893. The lowest BCUT2D eigenvalue weighted by molar-refractivity contribution is 0.293. The molecule has 0 amide bonds. The highest BCUT2D eigenvalue weighted by Crippen LogP contribution is 2.24. The minimum atomic E-state index is 0.674. The first kappa shape index (κ1) is 12.4. The van der Waals surface area contributed by atoms with Crippen LogP contribution in [-0.4, -0.2) is 31.1 Å². The van der Waals surface area contributed by atoms with Crippen LogP contribution in [-0.2, 0) is 6.54 Å². The van der Waals surface area contributed by atoms with E-state index in [1.165, 1.54) is 24.1 Å². The van der Waals surface area contributed by atoms with Gasteiger partial charge in [0.05, 0.1) is 4.34 Å². The number of hydrogen-bond donors (Lipinski definition) is 1. The highest BCUT2D eigenvalue weighted by molar-refractivity contribution is 7.16. The average molecular weight is 259 g/mol. The van der Waals surface area contributed by atoms with Gasteiger partial charge in [-0.2, -0.15) is 0 Å². The Hall–Kier alpha value is -0.0900. The van der Waals surface area contributed by atoms with Crippen molar-refractivity contribution in [3.05, 3.63) is 21.3 Å². The molecule has 90 valence electrons. The summed E-state index contributed by atoms with van der Waals surface area (Å²) in [4.78, 5) is 3.67. The van der Waals surface area contributed by atoms with Crippen molar-refractivity contribution in [1.29, 1.82) is 0 Å². The Balaban J connectivity index is 1.75. The molecule has 2 nitrogen and oxygen atoms in total. The molecular formula is C12H19ClN2S. The summed E-state index contributed by atoms with van der Waals surface area (Å²) in [6.07, 6.45) is 3.88. The Labute approximate surface area is 107 Å². The predicted molar refractivity (Wildman–Crippen MR) is 71.3 cm³/mol. The summed E-state index contributed by atoms with van der Waals surface area (Å²) >= 11 is 7.58. The molecule has 0 spiro atoms. The molecule has 2 atom stereocenters. The van der Waals surface area contributed by atoms with Gasteiger partial charge in [0.2, 0.25) is 0 Å². The highest BCUT2D eigenvalue weighted by atomic mass is 35.5. The van der Waals surface area contributed by atoms with Gasteiger partial charge in [0.25, 0.3) is 0 Å². The Bertz CT molecular complexity index is 338. The van der Waals surface area contributed by atoms with Crippen molar-refractivity contribution in [2.75, 3.05) is 14.1 Å². The molecule has 1 aromatic rings. The van der Waals surface area contributed by atoms with Gasteiger partial charge in [-0.25, -0.2) is 0 Å². The van der Waals surface area contributed by atoms with Crippen molar-refractivity contribution in [3.8, 4) is 0 Å². The molecule has 4 heteroatoms. The zero-order valence-electron chi connectivity index (χ0n) is 9.87. The molecule has 0 aromatic carbocycles. The van der Waals surface area contributed by atoms with E-state index in [4.69, 9.17) is 11.6 Å².